The van der Waals surface area contributed by atoms with Crippen molar-refractivity contribution in [1.29, 1.82) is 0 Å². The average molecular weight is 374 g/mol. The molecular weight excluding hydrogens is 352 g/mol. The Kier molecular flexibility index (Phi) is 5.29. The third-order valence-electron chi connectivity index (χ3n) is 4.24. The van der Waals surface area contributed by atoms with Gasteiger partial charge >= 0.3 is 0 Å². The van der Waals surface area contributed by atoms with Crippen LogP contribution in [0.1, 0.15) is 24.0 Å². The summed E-state index contributed by atoms with van der Waals surface area (Å²) in [7, 11) is -3.77. The molecule has 0 bridgehead atoms. The van der Waals surface area contributed by atoms with Crippen molar-refractivity contribution in [3.8, 4) is 0 Å². The number of carbonyl (C=O) groups is 1. The maximum Gasteiger partial charge on any atom is 0.262 e. The number of amides is 1. The van der Waals surface area contributed by atoms with E-state index >= 15 is 0 Å². The van der Waals surface area contributed by atoms with Crippen LogP contribution in [0.15, 0.2) is 47.4 Å². The van der Waals surface area contributed by atoms with Crippen LogP contribution in [-0.4, -0.2) is 27.0 Å². The van der Waals surface area contributed by atoms with E-state index in [1.165, 1.54) is 6.07 Å². The lowest BCUT2D eigenvalue weighted by atomic mass is 10.2. The molecule has 1 aliphatic rings. The summed E-state index contributed by atoms with van der Waals surface area (Å²) < 4.78 is 33.5. The Hall–Kier alpha value is -2.38. The number of ether oxygens (including phenoxy) is 1. The van der Waals surface area contributed by atoms with Gasteiger partial charge in [0.2, 0.25) is 0 Å². The van der Waals surface area contributed by atoms with E-state index in [2.05, 4.69) is 10.0 Å². The summed E-state index contributed by atoms with van der Waals surface area (Å²) in [6.07, 6.45) is 1.06. The number of rotatable bonds is 5. The second-order valence-corrected chi connectivity index (χ2v) is 8.10. The van der Waals surface area contributed by atoms with Gasteiger partial charge in [-0.1, -0.05) is 18.2 Å². The zero-order valence-corrected chi connectivity index (χ0v) is 15.6. The molecule has 0 aromatic heterocycles. The van der Waals surface area contributed by atoms with Crippen LogP contribution in [0.3, 0.4) is 0 Å². The Balaban J connectivity index is 1.83. The van der Waals surface area contributed by atoms with Crippen molar-refractivity contribution in [3.63, 3.8) is 0 Å². The molecule has 0 radical (unpaired) electrons. The maximum absolute atomic E-state index is 12.8. The number of aryl methyl sites for hydroxylation is 2. The monoisotopic (exact) mass is 374 g/mol. The molecule has 2 aromatic rings. The van der Waals surface area contributed by atoms with E-state index in [0.717, 1.165) is 12.0 Å². The van der Waals surface area contributed by atoms with Crippen LogP contribution < -0.4 is 10.0 Å². The van der Waals surface area contributed by atoms with Gasteiger partial charge in [0.05, 0.1) is 4.90 Å². The standard InChI is InChI=1S/C19H22N2O4S/c1-13-5-3-6-16(11-13)21-26(23,24)18-12-15(9-8-14(18)2)20-19(22)17-7-4-10-25-17/h3,5-6,8-9,11-12,17,21H,4,7,10H2,1-2H3,(H,20,22). The summed E-state index contributed by atoms with van der Waals surface area (Å²) in [4.78, 5) is 12.3. The third kappa shape index (κ3) is 4.23. The summed E-state index contributed by atoms with van der Waals surface area (Å²) in [5, 5.41) is 2.74. The molecule has 1 fully saturated rings. The van der Waals surface area contributed by atoms with Gasteiger partial charge < -0.3 is 10.1 Å². The minimum Gasteiger partial charge on any atom is -0.368 e. The highest BCUT2D eigenvalue weighted by atomic mass is 32.2. The van der Waals surface area contributed by atoms with Gasteiger partial charge in [-0.2, -0.15) is 0 Å². The Morgan fingerprint density at radius 2 is 1.92 bits per heavy atom. The summed E-state index contributed by atoms with van der Waals surface area (Å²) in [5.41, 5.74) is 2.48. The first-order valence-corrected chi connectivity index (χ1v) is 9.96. The lowest BCUT2D eigenvalue weighted by molar-refractivity contribution is -0.124. The molecule has 0 spiro atoms. The molecule has 1 aliphatic heterocycles. The minimum absolute atomic E-state index is 0.129. The summed E-state index contributed by atoms with van der Waals surface area (Å²) >= 11 is 0. The van der Waals surface area contributed by atoms with Crippen LogP contribution in [0.25, 0.3) is 0 Å². The van der Waals surface area contributed by atoms with Gasteiger partial charge in [-0.3, -0.25) is 9.52 Å². The molecule has 7 heteroatoms. The fourth-order valence-corrected chi connectivity index (χ4v) is 4.21. The molecule has 1 amide bonds. The number of nitrogens with one attached hydrogen (secondary N) is 2. The van der Waals surface area contributed by atoms with Crippen LogP contribution in [0.4, 0.5) is 11.4 Å². The predicted octanol–water partition coefficient (Wildman–Crippen LogP) is 3.22. The van der Waals surface area contributed by atoms with E-state index in [9.17, 15) is 13.2 Å². The number of carbonyl (C=O) groups excluding carboxylic acids is 1. The van der Waals surface area contributed by atoms with Gasteiger partial charge in [0.15, 0.2) is 0 Å². The second kappa shape index (κ2) is 7.47. The van der Waals surface area contributed by atoms with Crippen LogP contribution in [-0.2, 0) is 19.6 Å². The number of hydrogen-bond donors (Lipinski definition) is 2. The normalized spacial score (nSPS) is 17.1. The van der Waals surface area contributed by atoms with Crippen LogP contribution in [0.5, 0.6) is 0 Å². The Morgan fingerprint density at radius 3 is 2.62 bits per heavy atom. The molecule has 6 nitrogen and oxygen atoms in total. The van der Waals surface area contributed by atoms with Crippen LogP contribution in [0.2, 0.25) is 0 Å². The highest BCUT2D eigenvalue weighted by molar-refractivity contribution is 7.92. The molecule has 2 aromatic carbocycles. The van der Waals surface area contributed by atoms with E-state index in [-0.39, 0.29) is 10.8 Å². The first kappa shape index (κ1) is 18.4. The van der Waals surface area contributed by atoms with E-state index in [1.807, 2.05) is 13.0 Å². The molecule has 0 aliphatic carbocycles. The number of sulfonamides is 1. The van der Waals surface area contributed by atoms with Crippen molar-refractivity contribution in [2.45, 2.75) is 37.7 Å². The summed E-state index contributed by atoms with van der Waals surface area (Å²) in [5.74, 6) is -0.249. The number of anilines is 2. The molecule has 1 heterocycles. The van der Waals surface area contributed by atoms with Crippen molar-refractivity contribution in [2.75, 3.05) is 16.6 Å². The zero-order valence-electron chi connectivity index (χ0n) is 14.8. The smallest absolute Gasteiger partial charge is 0.262 e. The fraction of sp³-hybridized carbons (Fsp3) is 0.316. The molecule has 1 atom stereocenters. The van der Waals surface area contributed by atoms with E-state index < -0.39 is 16.1 Å². The SMILES string of the molecule is Cc1cccc(NS(=O)(=O)c2cc(NC(=O)C3CCCO3)ccc2C)c1. The Labute approximate surface area is 153 Å². The van der Waals surface area contributed by atoms with E-state index in [0.29, 0.717) is 30.0 Å². The van der Waals surface area contributed by atoms with Crippen molar-refractivity contribution >= 4 is 27.3 Å². The Morgan fingerprint density at radius 1 is 1.12 bits per heavy atom. The topological polar surface area (TPSA) is 84.5 Å². The second-order valence-electron chi connectivity index (χ2n) is 6.45. The maximum atomic E-state index is 12.8. The first-order chi connectivity index (χ1) is 12.3. The van der Waals surface area contributed by atoms with Crippen molar-refractivity contribution in [2.24, 2.45) is 0 Å². The zero-order chi connectivity index (χ0) is 18.7. The number of benzene rings is 2. The van der Waals surface area contributed by atoms with Crippen LogP contribution in [0, 0.1) is 13.8 Å². The molecule has 1 unspecified atom stereocenters. The molecule has 26 heavy (non-hydrogen) atoms. The quantitative estimate of drug-likeness (QED) is 0.842. The van der Waals surface area contributed by atoms with Crippen molar-refractivity contribution < 1.29 is 17.9 Å². The molecule has 2 N–H and O–H groups in total. The highest BCUT2D eigenvalue weighted by Gasteiger charge is 2.24. The lowest BCUT2D eigenvalue weighted by Crippen LogP contribution is -2.27. The number of hydrogen-bond acceptors (Lipinski definition) is 4. The summed E-state index contributed by atoms with van der Waals surface area (Å²) in [6.45, 7) is 4.19. The minimum atomic E-state index is -3.77. The van der Waals surface area contributed by atoms with Crippen LogP contribution >= 0.6 is 0 Å². The summed E-state index contributed by atoms with van der Waals surface area (Å²) in [6, 6.07) is 12.0. The van der Waals surface area contributed by atoms with Gasteiger partial charge in [0.25, 0.3) is 15.9 Å². The fourth-order valence-electron chi connectivity index (χ4n) is 2.89. The average Bonchev–Trinajstić information content (AvgIpc) is 3.10. The Bertz CT molecular complexity index is 919. The van der Waals surface area contributed by atoms with Gasteiger partial charge in [0, 0.05) is 18.0 Å². The van der Waals surface area contributed by atoms with Gasteiger partial charge in [0.1, 0.15) is 6.10 Å². The molecule has 3 rings (SSSR count). The molecule has 138 valence electrons. The third-order valence-corrected chi connectivity index (χ3v) is 5.76. The van der Waals surface area contributed by atoms with Gasteiger partial charge in [-0.25, -0.2) is 8.42 Å². The van der Waals surface area contributed by atoms with Gasteiger partial charge in [-0.05, 0) is 62.1 Å². The lowest BCUT2D eigenvalue weighted by Gasteiger charge is -2.14. The molecule has 0 saturated carbocycles. The van der Waals surface area contributed by atoms with Gasteiger partial charge in [-0.15, -0.1) is 0 Å². The first-order valence-electron chi connectivity index (χ1n) is 8.48. The molecule has 1 saturated heterocycles. The highest BCUT2D eigenvalue weighted by Crippen LogP contribution is 2.24. The predicted molar refractivity (Wildman–Crippen MR) is 101 cm³/mol. The van der Waals surface area contributed by atoms with E-state index in [4.69, 9.17) is 4.74 Å². The van der Waals surface area contributed by atoms with Crippen molar-refractivity contribution in [1.82, 2.24) is 0 Å². The molecular formula is C19H22N2O4S. The largest absolute Gasteiger partial charge is 0.368 e. The van der Waals surface area contributed by atoms with Crippen molar-refractivity contribution in [3.05, 3.63) is 53.6 Å². The van der Waals surface area contributed by atoms with E-state index in [1.54, 1.807) is 37.3 Å².